The largest absolute Gasteiger partial charge is 0.338 e. The van der Waals surface area contributed by atoms with E-state index in [9.17, 15) is 0 Å². The lowest BCUT2D eigenvalue weighted by Gasteiger charge is -2.31. The molecule has 3 heterocycles. The van der Waals surface area contributed by atoms with Crippen molar-refractivity contribution < 1.29 is 4.52 Å². The van der Waals surface area contributed by atoms with Crippen LogP contribution in [0.1, 0.15) is 36.2 Å². The fourth-order valence-corrected chi connectivity index (χ4v) is 2.66. The van der Waals surface area contributed by atoms with Gasteiger partial charge in [0.2, 0.25) is 5.89 Å². The Hall–Kier alpha value is -1.15. The molecule has 2 N–H and O–H groups in total. The second-order valence-corrected chi connectivity index (χ2v) is 5.34. The maximum Gasteiger partial charge on any atom is 0.240 e. The van der Waals surface area contributed by atoms with Gasteiger partial charge in [0.05, 0.1) is 25.3 Å². The first-order chi connectivity index (χ1) is 9.74. The predicted molar refractivity (Wildman–Crippen MR) is 87.2 cm³/mol. The van der Waals surface area contributed by atoms with Crippen LogP contribution in [0.25, 0.3) is 0 Å². The van der Waals surface area contributed by atoms with Gasteiger partial charge in [-0.1, -0.05) is 5.16 Å². The van der Waals surface area contributed by atoms with E-state index in [1.807, 2.05) is 6.20 Å². The molecular formula is C13H22Cl2N6O. The lowest BCUT2D eigenvalue weighted by molar-refractivity contribution is 0.158. The molecule has 1 aliphatic heterocycles. The Morgan fingerprint density at radius 1 is 1.41 bits per heavy atom. The topological polar surface area (TPSA) is 86.0 Å². The van der Waals surface area contributed by atoms with Gasteiger partial charge in [-0.3, -0.25) is 9.58 Å². The zero-order valence-electron chi connectivity index (χ0n) is 12.5. The van der Waals surface area contributed by atoms with E-state index in [1.54, 1.807) is 0 Å². The van der Waals surface area contributed by atoms with E-state index in [1.165, 1.54) is 5.56 Å². The molecule has 3 rings (SSSR count). The van der Waals surface area contributed by atoms with Crippen LogP contribution in [-0.4, -0.2) is 37.9 Å². The number of nitrogens with two attached hydrogens (primary N) is 1. The van der Waals surface area contributed by atoms with Gasteiger partial charge in [0.1, 0.15) is 0 Å². The third-order valence-corrected chi connectivity index (χ3v) is 3.64. The third kappa shape index (κ3) is 4.42. The van der Waals surface area contributed by atoms with Crippen molar-refractivity contribution in [3.63, 3.8) is 0 Å². The van der Waals surface area contributed by atoms with Gasteiger partial charge in [-0.2, -0.15) is 10.1 Å². The van der Waals surface area contributed by atoms with Gasteiger partial charge in [0.25, 0.3) is 0 Å². The van der Waals surface area contributed by atoms with Crippen LogP contribution in [0.3, 0.4) is 0 Å². The molecule has 0 amide bonds. The second-order valence-electron chi connectivity index (χ2n) is 5.34. The molecule has 1 atom stereocenters. The van der Waals surface area contributed by atoms with E-state index in [4.69, 9.17) is 10.3 Å². The molecule has 0 bridgehead atoms. The maximum atomic E-state index is 5.48. The second kappa shape index (κ2) is 8.47. The molecule has 7 nitrogen and oxygen atoms in total. The minimum Gasteiger partial charge on any atom is -0.338 e. The number of halogens is 2. The van der Waals surface area contributed by atoms with E-state index >= 15 is 0 Å². The number of nitrogens with zero attached hydrogens (tertiary/aromatic N) is 5. The van der Waals surface area contributed by atoms with Gasteiger partial charge < -0.3 is 10.3 Å². The Labute approximate surface area is 142 Å². The third-order valence-electron chi connectivity index (χ3n) is 3.64. The summed E-state index contributed by atoms with van der Waals surface area (Å²) in [7, 11) is 0. The molecule has 0 saturated carbocycles. The van der Waals surface area contributed by atoms with Crippen LogP contribution < -0.4 is 5.73 Å². The van der Waals surface area contributed by atoms with Crippen molar-refractivity contribution in [2.45, 2.75) is 38.9 Å². The van der Waals surface area contributed by atoms with Gasteiger partial charge in [0, 0.05) is 12.7 Å². The van der Waals surface area contributed by atoms with Crippen molar-refractivity contribution in [3.05, 3.63) is 29.7 Å². The maximum absolute atomic E-state index is 5.48. The molecular weight excluding hydrogens is 327 g/mol. The minimum absolute atomic E-state index is 0. The minimum atomic E-state index is 0. The molecule has 124 valence electrons. The van der Waals surface area contributed by atoms with E-state index in [0.29, 0.717) is 30.8 Å². The van der Waals surface area contributed by atoms with Crippen molar-refractivity contribution in [3.8, 4) is 0 Å². The summed E-state index contributed by atoms with van der Waals surface area (Å²) in [5.74, 6) is 1.21. The summed E-state index contributed by atoms with van der Waals surface area (Å²) in [5.41, 5.74) is 6.68. The summed E-state index contributed by atoms with van der Waals surface area (Å²) < 4.78 is 7.11. The lowest BCUT2D eigenvalue weighted by Crippen LogP contribution is -2.36. The fourth-order valence-electron chi connectivity index (χ4n) is 2.66. The first-order valence-corrected chi connectivity index (χ1v) is 6.99. The van der Waals surface area contributed by atoms with E-state index < -0.39 is 0 Å². The molecule has 1 saturated heterocycles. The highest BCUT2D eigenvalue weighted by Crippen LogP contribution is 2.22. The van der Waals surface area contributed by atoms with Gasteiger partial charge in [-0.05, 0) is 31.9 Å². The average Bonchev–Trinajstić information content (AvgIpc) is 3.08. The van der Waals surface area contributed by atoms with Crippen LogP contribution in [0.15, 0.2) is 16.9 Å². The summed E-state index contributed by atoms with van der Waals surface area (Å²) in [4.78, 5) is 6.60. The monoisotopic (exact) mass is 348 g/mol. The first-order valence-electron chi connectivity index (χ1n) is 6.99. The zero-order valence-corrected chi connectivity index (χ0v) is 14.1. The zero-order chi connectivity index (χ0) is 13.9. The van der Waals surface area contributed by atoms with Crippen molar-refractivity contribution in [1.29, 1.82) is 0 Å². The van der Waals surface area contributed by atoms with Crippen molar-refractivity contribution >= 4 is 24.8 Å². The summed E-state index contributed by atoms with van der Waals surface area (Å²) in [6.07, 6.45) is 6.34. The molecule has 2 aromatic heterocycles. The molecule has 1 fully saturated rings. The highest BCUT2D eigenvalue weighted by molar-refractivity contribution is 5.85. The van der Waals surface area contributed by atoms with Crippen LogP contribution in [0, 0.1) is 6.92 Å². The number of hydrogen-bond acceptors (Lipinski definition) is 6. The highest BCUT2D eigenvalue weighted by atomic mass is 35.5. The quantitative estimate of drug-likeness (QED) is 0.904. The van der Waals surface area contributed by atoms with Crippen LogP contribution >= 0.6 is 24.8 Å². The number of rotatable bonds is 4. The molecule has 2 aromatic rings. The fraction of sp³-hybridized carbons (Fsp3) is 0.615. The number of hydrogen-bond donors (Lipinski definition) is 1. The standard InChI is InChI=1S/C13H20N6O.2ClH/c1-10-6-15-19(7-10)11-3-2-4-18(8-11)9-12-16-13(5-14)20-17-12;;/h6-7,11H,2-5,8-9,14H2,1H3;2*1H. The average molecular weight is 349 g/mol. The molecule has 9 heteroatoms. The molecule has 0 spiro atoms. The first kappa shape index (κ1) is 18.9. The molecule has 22 heavy (non-hydrogen) atoms. The molecule has 0 aliphatic carbocycles. The van der Waals surface area contributed by atoms with Gasteiger partial charge in [-0.15, -0.1) is 24.8 Å². The predicted octanol–water partition coefficient (Wildman–Crippen LogP) is 1.71. The number of piperidine rings is 1. The highest BCUT2D eigenvalue weighted by Gasteiger charge is 2.23. The molecule has 0 aromatic carbocycles. The van der Waals surface area contributed by atoms with Gasteiger partial charge >= 0.3 is 0 Å². The van der Waals surface area contributed by atoms with Crippen molar-refractivity contribution in [2.75, 3.05) is 13.1 Å². The molecule has 0 radical (unpaired) electrons. The Morgan fingerprint density at radius 2 is 2.23 bits per heavy atom. The SMILES string of the molecule is Cc1cnn(C2CCCN(Cc3noc(CN)n3)C2)c1.Cl.Cl. The Kier molecular flexibility index (Phi) is 7.28. The normalized spacial score (nSPS) is 18.5. The van der Waals surface area contributed by atoms with Gasteiger partial charge in [-0.25, -0.2) is 0 Å². The Morgan fingerprint density at radius 3 is 2.86 bits per heavy atom. The molecule has 1 unspecified atom stereocenters. The van der Waals surface area contributed by atoms with E-state index in [-0.39, 0.29) is 24.8 Å². The summed E-state index contributed by atoms with van der Waals surface area (Å²) in [6.45, 7) is 5.09. The molecule has 1 aliphatic rings. The number of likely N-dealkylation sites (tertiary alicyclic amines) is 1. The number of aryl methyl sites for hydroxylation is 1. The van der Waals surface area contributed by atoms with Crippen LogP contribution in [-0.2, 0) is 13.1 Å². The summed E-state index contributed by atoms with van der Waals surface area (Å²) in [6, 6.07) is 0.429. The van der Waals surface area contributed by atoms with Gasteiger partial charge in [0.15, 0.2) is 5.82 Å². The van der Waals surface area contributed by atoms with Crippen LogP contribution in [0.5, 0.6) is 0 Å². The van der Waals surface area contributed by atoms with Crippen LogP contribution in [0.2, 0.25) is 0 Å². The Balaban J connectivity index is 0.00000121. The van der Waals surface area contributed by atoms with E-state index in [0.717, 1.165) is 25.9 Å². The Bertz CT molecular complexity index is 572. The lowest BCUT2D eigenvalue weighted by atomic mass is 10.1. The van der Waals surface area contributed by atoms with Crippen molar-refractivity contribution in [1.82, 2.24) is 24.8 Å². The van der Waals surface area contributed by atoms with Crippen molar-refractivity contribution in [2.24, 2.45) is 5.73 Å². The summed E-state index contributed by atoms with van der Waals surface area (Å²) in [5, 5.41) is 8.37. The summed E-state index contributed by atoms with van der Waals surface area (Å²) >= 11 is 0. The van der Waals surface area contributed by atoms with Crippen LogP contribution in [0.4, 0.5) is 0 Å². The number of aromatic nitrogens is 4. The smallest absolute Gasteiger partial charge is 0.240 e. The van der Waals surface area contributed by atoms with E-state index in [2.05, 4.69) is 37.9 Å².